The summed E-state index contributed by atoms with van der Waals surface area (Å²) in [5.74, 6) is 0.177. The van der Waals surface area contributed by atoms with E-state index in [1.165, 1.54) is 17.2 Å². The number of fused-ring (bicyclic) bond motifs is 1. The fraction of sp³-hybridized carbons (Fsp3) is 0.500. The molecule has 1 fully saturated rings. The predicted octanol–water partition coefficient (Wildman–Crippen LogP) is -11.5. The third kappa shape index (κ3) is 8.35. The molecule has 3 N–H and O–H groups in total. The predicted molar refractivity (Wildman–Crippen MR) is 83.2 cm³/mol. The molecule has 0 radical (unpaired) electrons. The van der Waals surface area contributed by atoms with Crippen molar-refractivity contribution >= 4 is 43.3 Å². The van der Waals surface area contributed by atoms with Crippen LogP contribution in [-0.2, 0) is 29.9 Å². The van der Waals surface area contributed by atoms with Crippen LogP contribution in [0.25, 0.3) is 11.2 Å². The van der Waals surface area contributed by atoms with E-state index in [1.807, 2.05) is 0 Å². The average molecular weight is 493 g/mol. The van der Waals surface area contributed by atoms with Gasteiger partial charge in [-0.2, -0.15) is 0 Å². The summed E-state index contributed by atoms with van der Waals surface area (Å²) in [5, 5.41) is 10.1. The number of nitrogens with zero attached hydrogens (tertiary/aromatic N) is 4. The number of imidazole rings is 1. The Bertz CT molecular complexity index is 919. The molecule has 2 aromatic rings. The summed E-state index contributed by atoms with van der Waals surface area (Å²) in [6.45, 7) is -5.12. The molecule has 29 heavy (non-hydrogen) atoms. The van der Waals surface area contributed by atoms with Crippen LogP contribution in [-0.4, -0.2) is 43.4 Å². The maximum absolute atomic E-state index is 11.6. The average Bonchev–Trinajstić information content (AvgIpc) is 3.07. The van der Waals surface area contributed by atoms with Crippen molar-refractivity contribution in [3.8, 4) is 0 Å². The topological polar surface area (TPSA) is 204 Å². The molecule has 0 bridgehead atoms. The van der Waals surface area contributed by atoms with Crippen LogP contribution in [0.5, 0.6) is 0 Å². The normalized spacial score (nSPS) is 23.5. The molecule has 3 heterocycles. The molecule has 0 saturated carbocycles. The Morgan fingerprint density at radius 1 is 1.31 bits per heavy atom. The minimum Gasteiger partial charge on any atom is -0.790 e. The second-order valence-corrected chi connectivity index (χ2v) is 9.33. The van der Waals surface area contributed by atoms with E-state index >= 15 is 0 Å². The molecule has 1 saturated heterocycles. The summed E-state index contributed by atoms with van der Waals surface area (Å²) >= 11 is 4.31. The summed E-state index contributed by atoms with van der Waals surface area (Å²) in [6, 6.07) is 0. The van der Waals surface area contributed by atoms with Crippen LogP contribution >= 0.6 is 14.5 Å². The van der Waals surface area contributed by atoms with Crippen molar-refractivity contribution < 1.29 is 127 Å². The number of hydrogen-bond acceptors (Lipinski definition) is 13. The number of ether oxygens (including phenoxy) is 1. The molecule has 1 aliphatic rings. The zero-order valence-corrected chi connectivity index (χ0v) is 24.4. The SMILES string of the molecule is Nc1ncnc2c1ncn2[C@H]1C[C@H](O)[C@@H](COP([O-])(=S)OP(=O)([O-])[O-])O1.[Na+].[Na+].[Na+]. The van der Waals surface area contributed by atoms with Gasteiger partial charge in [0, 0.05) is 6.42 Å². The second kappa shape index (κ2) is 12.4. The van der Waals surface area contributed by atoms with Gasteiger partial charge in [0.2, 0.25) is 0 Å². The van der Waals surface area contributed by atoms with Gasteiger partial charge >= 0.3 is 88.7 Å². The molecule has 144 valence electrons. The van der Waals surface area contributed by atoms with E-state index in [4.69, 9.17) is 10.5 Å². The van der Waals surface area contributed by atoms with Crippen LogP contribution in [0.2, 0.25) is 0 Å². The first kappa shape index (κ1) is 30.9. The van der Waals surface area contributed by atoms with Gasteiger partial charge in [0.05, 0.1) is 26.9 Å². The number of nitrogen functional groups attached to an aromatic ring is 1. The minimum atomic E-state index is -5.58. The molecule has 0 aromatic carbocycles. The summed E-state index contributed by atoms with van der Waals surface area (Å²) in [4.78, 5) is 44.5. The summed E-state index contributed by atoms with van der Waals surface area (Å²) in [6.07, 6.45) is -0.00651. The maximum Gasteiger partial charge on any atom is 1.00 e. The number of aliphatic hydroxyl groups is 1. The van der Waals surface area contributed by atoms with Crippen LogP contribution in [0, 0.1) is 0 Å². The molecule has 0 spiro atoms. The number of rotatable bonds is 6. The van der Waals surface area contributed by atoms with Gasteiger partial charge in [-0.1, -0.05) is 11.8 Å². The molecule has 0 aliphatic carbocycles. The van der Waals surface area contributed by atoms with Gasteiger partial charge in [-0.25, -0.2) is 15.0 Å². The Morgan fingerprint density at radius 2 is 1.97 bits per heavy atom. The first-order valence-corrected chi connectivity index (χ1v) is 11.0. The van der Waals surface area contributed by atoms with Crippen molar-refractivity contribution in [1.82, 2.24) is 19.5 Å². The van der Waals surface area contributed by atoms with Crippen molar-refractivity contribution in [2.24, 2.45) is 0 Å². The molecule has 3 rings (SSSR count). The molecular formula is C10H12N5Na3O8P2S. The summed E-state index contributed by atoms with van der Waals surface area (Å²) in [7, 11) is -5.58. The smallest absolute Gasteiger partial charge is 0.790 e. The number of aliphatic hydroxyl groups excluding tert-OH is 1. The Balaban J connectivity index is 0.00000261. The zero-order chi connectivity index (χ0) is 19.1. The largest absolute Gasteiger partial charge is 1.00 e. The summed E-state index contributed by atoms with van der Waals surface area (Å²) in [5.41, 5.74) is 6.44. The molecule has 13 nitrogen and oxygen atoms in total. The first-order valence-electron chi connectivity index (χ1n) is 7.01. The zero-order valence-electron chi connectivity index (χ0n) is 15.8. The second-order valence-electron chi connectivity index (χ2n) is 5.29. The van der Waals surface area contributed by atoms with Crippen molar-refractivity contribution in [1.29, 1.82) is 0 Å². The third-order valence-electron chi connectivity index (χ3n) is 3.50. The number of hydrogen-bond donors (Lipinski definition) is 2. The van der Waals surface area contributed by atoms with Crippen LogP contribution in [0.3, 0.4) is 0 Å². The van der Waals surface area contributed by atoms with Gasteiger partial charge in [0.1, 0.15) is 30.9 Å². The van der Waals surface area contributed by atoms with Gasteiger partial charge in [-0.05, 0) is 0 Å². The van der Waals surface area contributed by atoms with Gasteiger partial charge in [0.15, 0.2) is 11.5 Å². The molecule has 0 amide bonds. The standard InChI is InChI=1S/C10H15N5O8P2S.3Na/c11-9-8-10(13-3-12-9)15(4-14-8)7-1-5(16)6(22-7)2-21-25(20,26)23-24(17,18)19;;;/h3-7,16H,1-2H2,(H,20,26)(H2,11,12,13)(H2,17,18,19);;;/q;3*+1/p-3/t5-,6+,7+,25?;;;/m0.../s1. The molecule has 1 unspecified atom stereocenters. The molecule has 1 aliphatic heterocycles. The van der Waals surface area contributed by atoms with Gasteiger partial charge < -0.3 is 43.7 Å². The van der Waals surface area contributed by atoms with Gasteiger partial charge in [0.25, 0.3) is 0 Å². The molecule has 4 atom stereocenters. The van der Waals surface area contributed by atoms with Crippen molar-refractivity contribution in [3.63, 3.8) is 0 Å². The Hall–Kier alpha value is 1.95. The van der Waals surface area contributed by atoms with E-state index in [0.29, 0.717) is 11.2 Å². The van der Waals surface area contributed by atoms with Crippen molar-refractivity contribution in [3.05, 3.63) is 12.7 Å². The van der Waals surface area contributed by atoms with Gasteiger partial charge in [-0.15, -0.1) is 0 Å². The number of nitrogens with two attached hydrogens (primary N) is 1. The van der Waals surface area contributed by atoms with E-state index in [-0.39, 0.29) is 101 Å². The quantitative estimate of drug-likeness (QED) is 0.284. The monoisotopic (exact) mass is 493 g/mol. The van der Waals surface area contributed by atoms with Crippen LogP contribution in [0.4, 0.5) is 5.82 Å². The van der Waals surface area contributed by atoms with Crippen molar-refractivity contribution in [2.45, 2.75) is 24.9 Å². The summed E-state index contributed by atoms with van der Waals surface area (Å²) < 4.78 is 25.9. The molecule has 2 aromatic heterocycles. The van der Waals surface area contributed by atoms with E-state index in [1.54, 1.807) is 0 Å². The van der Waals surface area contributed by atoms with Crippen LogP contribution < -0.4 is 109 Å². The fourth-order valence-corrected chi connectivity index (χ4v) is 4.84. The van der Waals surface area contributed by atoms with E-state index < -0.39 is 39.6 Å². The van der Waals surface area contributed by atoms with Crippen molar-refractivity contribution in [2.75, 3.05) is 12.3 Å². The maximum atomic E-state index is 11.6. The minimum absolute atomic E-state index is 0. The molecule has 19 heteroatoms. The Kier molecular flexibility index (Phi) is 13.3. The Labute approximate surface area is 236 Å². The number of aromatic nitrogens is 4. The van der Waals surface area contributed by atoms with Gasteiger partial charge in [-0.3, -0.25) is 4.57 Å². The first-order chi connectivity index (χ1) is 12.1. The van der Waals surface area contributed by atoms with E-state index in [0.717, 1.165) is 0 Å². The van der Waals surface area contributed by atoms with Crippen LogP contribution in [0.1, 0.15) is 12.6 Å². The Morgan fingerprint density at radius 3 is 2.59 bits per heavy atom. The number of anilines is 1. The number of phosphoric acid groups is 1. The van der Waals surface area contributed by atoms with E-state index in [2.05, 4.69) is 35.6 Å². The van der Waals surface area contributed by atoms with E-state index in [9.17, 15) is 24.4 Å². The molecular weight excluding hydrogens is 481 g/mol. The van der Waals surface area contributed by atoms with Crippen LogP contribution in [0.15, 0.2) is 12.7 Å². The fourth-order valence-electron chi connectivity index (χ4n) is 2.43. The third-order valence-corrected chi connectivity index (χ3v) is 6.48.